The molecule has 3 nitrogen and oxygen atoms in total. The molecule has 108 valence electrons. The van der Waals surface area contributed by atoms with Crippen molar-refractivity contribution in [2.24, 2.45) is 0 Å². The van der Waals surface area contributed by atoms with Crippen molar-refractivity contribution < 1.29 is 0 Å². The highest BCUT2D eigenvalue weighted by molar-refractivity contribution is 7.71. The summed E-state index contributed by atoms with van der Waals surface area (Å²) in [5.41, 5.74) is 2.42. The average Bonchev–Trinajstić information content (AvgIpc) is 3.15. The Morgan fingerprint density at radius 3 is 2.71 bits per heavy atom. The highest BCUT2D eigenvalue weighted by Gasteiger charge is 2.11. The summed E-state index contributed by atoms with van der Waals surface area (Å²) in [4.78, 5) is 1.11. The first kappa shape index (κ1) is 14.2. The molecule has 0 saturated heterocycles. The van der Waals surface area contributed by atoms with Crippen molar-refractivity contribution in [1.29, 1.82) is 0 Å². The van der Waals surface area contributed by atoms with E-state index in [9.17, 15) is 0 Å². The molecule has 0 radical (unpaired) electrons. The highest BCUT2D eigenvalue weighted by Crippen LogP contribution is 2.25. The topological polar surface area (TPSA) is 33.6 Å². The molecule has 3 rings (SSSR count). The van der Waals surface area contributed by atoms with Gasteiger partial charge in [-0.3, -0.25) is 9.67 Å². The summed E-state index contributed by atoms with van der Waals surface area (Å²) in [5, 5.41) is 9.31. The molecule has 0 atom stereocenters. The van der Waals surface area contributed by atoms with Gasteiger partial charge >= 0.3 is 0 Å². The van der Waals surface area contributed by atoms with Crippen LogP contribution < -0.4 is 0 Å². The third kappa shape index (κ3) is 2.99. The summed E-state index contributed by atoms with van der Waals surface area (Å²) < 4.78 is 2.62. The fraction of sp³-hybridized carbons (Fsp3) is 0.250. The Morgan fingerprint density at radius 2 is 2.05 bits per heavy atom. The molecule has 0 amide bonds. The Kier molecular flexibility index (Phi) is 4.31. The van der Waals surface area contributed by atoms with Crippen molar-refractivity contribution in [2.75, 3.05) is 0 Å². The minimum atomic E-state index is 0.625. The molecular formula is C16H17N3S2. The van der Waals surface area contributed by atoms with Crippen LogP contribution in [-0.4, -0.2) is 14.8 Å². The van der Waals surface area contributed by atoms with Crippen LogP contribution in [-0.2, 0) is 6.42 Å². The first-order chi connectivity index (χ1) is 10.3. The summed E-state index contributed by atoms with van der Waals surface area (Å²) in [6.07, 6.45) is 3.58. The van der Waals surface area contributed by atoms with Crippen LogP contribution in [0.4, 0.5) is 0 Å². The number of H-pyrrole nitrogens is 1. The van der Waals surface area contributed by atoms with Crippen molar-refractivity contribution >= 4 is 23.6 Å². The molecule has 0 fully saturated rings. The van der Waals surface area contributed by atoms with Gasteiger partial charge in [-0.25, -0.2) is 0 Å². The van der Waals surface area contributed by atoms with E-state index in [1.165, 1.54) is 18.4 Å². The molecule has 0 unspecified atom stereocenters. The zero-order chi connectivity index (χ0) is 14.7. The van der Waals surface area contributed by atoms with E-state index in [-0.39, 0.29) is 0 Å². The molecule has 3 aromatic rings. The normalized spacial score (nSPS) is 10.9. The maximum Gasteiger partial charge on any atom is 0.200 e. The molecule has 0 saturated carbocycles. The van der Waals surface area contributed by atoms with Gasteiger partial charge in [0.1, 0.15) is 0 Å². The number of nitrogens with zero attached hydrogens (tertiary/aromatic N) is 2. The van der Waals surface area contributed by atoms with E-state index < -0.39 is 0 Å². The van der Waals surface area contributed by atoms with Gasteiger partial charge in [0.05, 0.1) is 10.6 Å². The van der Waals surface area contributed by atoms with E-state index in [0.29, 0.717) is 4.77 Å². The Hall–Kier alpha value is -1.72. The fourth-order valence-corrected chi connectivity index (χ4v) is 3.24. The summed E-state index contributed by atoms with van der Waals surface area (Å²) in [5.74, 6) is 0.872. The van der Waals surface area contributed by atoms with E-state index in [0.717, 1.165) is 22.8 Å². The molecule has 0 aliphatic carbocycles. The van der Waals surface area contributed by atoms with Gasteiger partial charge in [0.25, 0.3) is 0 Å². The third-order valence-electron chi connectivity index (χ3n) is 3.43. The number of aryl methyl sites for hydroxylation is 1. The van der Waals surface area contributed by atoms with Gasteiger partial charge in [-0.1, -0.05) is 31.5 Å². The second kappa shape index (κ2) is 6.37. The van der Waals surface area contributed by atoms with Crippen molar-refractivity contribution in [2.45, 2.75) is 26.2 Å². The van der Waals surface area contributed by atoms with E-state index in [2.05, 4.69) is 47.5 Å². The molecule has 2 aromatic heterocycles. The second-order valence-electron chi connectivity index (χ2n) is 4.94. The largest absolute Gasteiger partial charge is 0.267 e. The standard InChI is InChI=1S/C16H17N3S2/c1-2-3-5-12-7-9-13(10-8-12)19-15(17-18-16(19)20)14-6-4-11-21-14/h4,6-11H,2-3,5H2,1H3,(H,18,20). The molecule has 21 heavy (non-hydrogen) atoms. The van der Waals surface area contributed by atoms with Crippen LogP contribution in [0.1, 0.15) is 25.3 Å². The zero-order valence-electron chi connectivity index (χ0n) is 11.9. The lowest BCUT2D eigenvalue weighted by Crippen LogP contribution is -1.97. The lowest BCUT2D eigenvalue weighted by molar-refractivity contribution is 0.795. The van der Waals surface area contributed by atoms with Crippen LogP contribution >= 0.6 is 23.6 Å². The van der Waals surface area contributed by atoms with Gasteiger partial charge in [0, 0.05) is 0 Å². The zero-order valence-corrected chi connectivity index (χ0v) is 13.5. The summed E-state index contributed by atoms with van der Waals surface area (Å²) in [7, 11) is 0. The van der Waals surface area contributed by atoms with Crippen molar-refractivity contribution in [1.82, 2.24) is 14.8 Å². The Bertz CT molecular complexity index is 752. The average molecular weight is 315 g/mol. The predicted molar refractivity (Wildman–Crippen MR) is 90.7 cm³/mol. The SMILES string of the molecule is CCCCc1ccc(-n2c(-c3cccs3)n[nH]c2=S)cc1. The van der Waals surface area contributed by atoms with Gasteiger partial charge in [-0.2, -0.15) is 5.10 Å². The fourth-order valence-electron chi connectivity index (χ4n) is 2.30. The Morgan fingerprint density at radius 1 is 1.24 bits per heavy atom. The number of unbranched alkanes of at least 4 members (excludes halogenated alkanes) is 1. The van der Waals surface area contributed by atoms with Gasteiger partial charge < -0.3 is 0 Å². The van der Waals surface area contributed by atoms with Crippen LogP contribution in [0.3, 0.4) is 0 Å². The summed E-state index contributed by atoms with van der Waals surface area (Å²) >= 11 is 7.04. The number of hydrogen-bond donors (Lipinski definition) is 1. The third-order valence-corrected chi connectivity index (χ3v) is 4.57. The van der Waals surface area contributed by atoms with Crippen LogP contribution in [0.15, 0.2) is 41.8 Å². The molecule has 5 heteroatoms. The maximum absolute atomic E-state index is 5.38. The van der Waals surface area contributed by atoms with E-state index in [1.807, 2.05) is 16.0 Å². The molecule has 2 heterocycles. The summed E-state index contributed by atoms with van der Waals surface area (Å²) in [6.45, 7) is 2.21. The predicted octanol–water partition coefficient (Wildman–Crippen LogP) is 5.00. The molecular weight excluding hydrogens is 298 g/mol. The van der Waals surface area contributed by atoms with Crippen molar-refractivity contribution in [3.05, 3.63) is 52.1 Å². The molecule has 1 aromatic carbocycles. The minimum Gasteiger partial charge on any atom is -0.267 e. The first-order valence-electron chi connectivity index (χ1n) is 7.10. The Labute approximate surface area is 133 Å². The van der Waals surface area contributed by atoms with Gasteiger partial charge in [0.15, 0.2) is 10.6 Å². The molecule has 0 spiro atoms. The number of thiophene rings is 1. The van der Waals surface area contributed by atoms with Crippen LogP contribution in [0.5, 0.6) is 0 Å². The molecule has 0 aliphatic rings. The first-order valence-corrected chi connectivity index (χ1v) is 8.39. The number of nitrogens with one attached hydrogen (secondary N) is 1. The molecule has 1 N–H and O–H groups in total. The Balaban J connectivity index is 1.97. The van der Waals surface area contributed by atoms with Gasteiger partial charge in [-0.15, -0.1) is 11.3 Å². The lowest BCUT2D eigenvalue weighted by Gasteiger charge is -2.07. The number of aromatic amines is 1. The maximum atomic E-state index is 5.38. The van der Waals surface area contributed by atoms with Crippen LogP contribution in [0, 0.1) is 4.77 Å². The quantitative estimate of drug-likeness (QED) is 0.672. The van der Waals surface area contributed by atoms with Crippen LogP contribution in [0.25, 0.3) is 16.4 Å². The van der Waals surface area contributed by atoms with Crippen molar-refractivity contribution in [3.8, 4) is 16.4 Å². The van der Waals surface area contributed by atoms with E-state index >= 15 is 0 Å². The number of aromatic nitrogens is 3. The smallest absolute Gasteiger partial charge is 0.200 e. The van der Waals surface area contributed by atoms with Crippen molar-refractivity contribution in [3.63, 3.8) is 0 Å². The summed E-state index contributed by atoms with van der Waals surface area (Å²) in [6, 6.07) is 12.7. The van der Waals surface area contributed by atoms with E-state index in [4.69, 9.17) is 12.2 Å². The minimum absolute atomic E-state index is 0.625. The lowest BCUT2D eigenvalue weighted by atomic mass is 10.1. The second-order valence-corrected chi connectivity index (χ2v) is 6.27. The van der Waals surface area contributed by atoms with Crippen LogP contribution in [0.2, 0.25) is 0 Å². The van der Waals surface area contributed by atoms with E-state index in [1.54, 1.807) is 11.3 Å². The molecule has 0 bridgehead atoms. The number of rotatable bonds is 5. The number of hydrogen-bond acceptors (Lipinski definition) is 3. The molecule has 0 aliphatic heterocycles. The highest BCUT2D eigenvalue weighted by atomic mass is 32.1. The number of benzene rings is 1. The van der Waals surface area contributed by atoms with Gasteiger partial charge in [-0.05, 0) is 54.2 Å². The monoisotopic (exact) mass is 315 g/mol. The van der Waals surface area contributed by atoms with Gasteiger partial charge in [0.2, 0.25) is 0 Å².